The lowest BCUT2D eigenvalue weighted by molar-refractivity contribution is 0.284. The molecule has 72 valence electrons. The van der Waals surface area contributed by atoms with Crippen molar-refractivity contribution < 1.29 is 14.0 Å². The first-order valence-electron chi connectivity index (χ1n) is 3.80. The molecule has 0 saturated carbocycles. The average molecular weight is 265 g/mol. The molecule has 0 fully saturated rings. The van der Waals surface area contributed by atoms with Crippen LogP contribution >= 0.6 is 23.5 Å². The molecule has 0 amide bonds. The van der Waals surface area contributed by atoms with E-state index < -0.39 is 7.60 Å². The summed E-state index contributed by atoms with van der Waals surface area (Å²) in [6, 6.07) is 6.75. The fraction of sp³-hybridized carbons (Fsp3) is 0.250. The van der Waals surface area contributed by atoms with Crippen molar-refractivity contribution in [3.05, 3.63) is 28.7 Å². The van der Waals surface area contributed by atoms with E-state index in [1.165, 1.54) is 0 Å². The third-order valence-electron chi connectivity index (χ3n) is 1.46. The average Bonchev–Trinajstić information content (AvgIpc) is 2.04. The highest BCUT2D eigenvalue weighted by atomic mass is 79.9. The first kappa shape index (κ1) is 10.9. The standard InChI is InChI=1S/C8H10BrO3P/c1-2-12-13(10,11)8-6-4-3-5-7(8)9/h3-6H,2H2,1H3,(H,10,11). The molecule has 0 bridgehead atoms. The molecule has 0 aliphatic rings. The summed E-state index contributed by atoms with van der Waals surface area (Å²) in [4.78, 5) is 9.47. The summed E-state index contributed by atoms with van der Waals surface area (Å²) in [5.74, 6) is 0. The van der Waals surface area contributed by atoms with Gasteiger partial charge in [-0.25, -0.2) is 0 Å². The Labute approximate surface area is 85.4 Å². The van der Waals surface area contributed by atoms with E-state index in [1.54, 1.807) is 31.2 Å². The van der Waals surface area contributed by atoms with Crippen molar-refractivity contribution >= 4 is 28.8 Å². The summed E-state index contributed by atoms with van der Waals surface area (Å²) in [7, 11) is -3.63. The van der Waals surface area contributed by atoms with Crippen LogP contribution in [-0.2, 0) is 9.09 Å². The third kappa shape index (κ3) is 2.64. The van der Waals surface area contributed by atoms with Crippen LogP contribution < -0.4 is 5.30 Å². The summed E-state index contributed by atoms with van der Waals surface area (Å²) < 4.78 is 16.9. The Morgan fingerprint density at radius 3 is 2.69 bits per heavy atom. The number of hydrogen-bond acceptors (Lipinski definition) is 2. The molecular weight excluding hydrogens is 255 g/mol. The molecule has 1 aromatic carbocycles. The van der Waals surface area contributed by atoms with Gasteiger partial charge in [0.2, 0.25) is 0 Å². The Balaban J connectivity index is 3.07. The Morgan fingerprint density at radius 2 is 2.15 bits per heavy atom. The van der Waals surface area contributed by atoms with Crippen LogP contribution in [0.4, 0.5) is 0 Å². The van der Waals surface area contributed by atoms with Crippen molar-refractivity contribution in [2.24, 2.45) is 0 Å². The van der Waals surface area contributed by atoms with Gasteiger partial charge in [-0.15, -0.1) is 0 Å². The normalized spacial score (nSPS) is 15.3. The smallest absolute Gasteiger partial charge is 0.321 e. The van der Waals surface area contributed by atoms with Gasteiger partial charge in [-0.05, 0) is 35.0 Å². The van der Waals surface area contributed by atoms with Gasteiger partial charge in [0, 0.05) is 4.47 Å². The maximum absolute atomic E-state index is 11.5. The van der Waals surface area contributed by atoms with Gasteiger partial charge < -0.3 is 9.42 Å². The molecule has 0 heterocycles. The summed E-state index contributed by atoms with van der Waals surface area (Å²) in [5.41, 5.74) is 0. The fourth-order valence-electron chi connectivity index (χ4n) is 0.925. The molecule has 0 aliphatic carbocycles. The van der Waals surface area contributed by atoms with Crippen LogP contribution in [0.15, 0.2) is 28.7 Å². The van der Waals surface area contributed by atoms with Crippen LogP contribution in [0.3, 0.4) is 0 Å². The second-order valence-electron chi connectivity index (χ2n) is 2.39. The van der Waals surface area contributed by atoms with Crippen LogP contribution in [0, 0.1) is 0 Å². The van der Waals surface area contributed by atoms with E-state index in [-0.39, 0.29) is 6.61 Å². The van der Waals surface area contributed by atoms with Gasteiger partial charge in [-0.1, -0.05) is 12.1 Å². The van der Waals surface area contributed by atoms with Crippen molar-refractivity contribution in [3.63, 3.8) is 0 Å². The second kappa shape index (κ2) is 4.38. The molecule has 0 aromatic heterocycles. The predicted molar refractivity (Wildman–Crippen MR) is 55.2 cm³/mol. The SMILES string of the molecule is CCOP(=O)(O)c1ccccc1Br. The summed E-state index contributed by atoms with van der Waals surface area (Å²) >= 11 is 3.19. The van der Waals surface area contributed by atoms with Crippen molar-refractivity contribution in [3.8, 4) is 0 Å². The lowest BCUT2D eigenvalue weighted by atomic mass is 10.4. The summed E-state index contributed by atoms with van der Waals surface area (Å²) in [6.07, 6.45) is 0. The molecule has 3 nitrogen and oxygen atoms in total. The molecule has 1 aromatic rings. The third-order valence-corrected chi connectivity index (χ3v) is 4.07. The van der Waals surface area contributed by atoms with Gasteiger partial charge in [0.25, 0.3) is 0 Å². The molecule has 1 rings (SSSR count). The zero-order chi connectivity index (χ0) is 9.90. The van der Waals surface area contributed by atoms with Gasteiger partial charge in [0.1, 0.15) is 0 Å². The van der Waals surface area contributed by atoms with E-state index in [0.717, 1.165) is 0 Å². The molecule has 0 spiro atoms. The Hall–Kier alpha value is -0.150. The van der Waals surface area contributed by atoms with E-state index in [1.807, 2.05) is 0 Å². The molecule has 5 heteroatoms. The molecule has 1 atom stereocenters. The Bertz CT molecular complexity index is 340. The van der Waals surface area contributed by atoms with Crippen LogP contribution in [0.1, 0.15) is 6.92 Å². The zero-order valence-electron chi connectivity index (χ0n) is 7.11. The lowest BCUT2D eigenvalue weighted by Crippen LogP contribution is -2.08. The molecule has 0 radical (unpaired) electrons. The van der Waals surface area contributed by atoms with E-state index >= 15 is 0 Å². The molecule has 13 heavy (non-hydrogen) atoms. The number of benzene rings is 1. The molecule has 0 saturated heterocycles. The van der Waals surface area contributed by atoms with E-state index in [2.05, 4.69) is 15.9 Å². The van der Waals surface area contributed by atoms with Crippen LogP contribution in [0.25, 0.3) is 0 Å². The maximum atomic E-state index is 11.5. The highest BCUT2D eigenvalue weighted by Crippen LogP contribution is 2.42. The van der Waals surface area contributed by atoms with Crippen molar-refractivity contribution in [1.29, 1.82) is 0 Å². The van der Waals surface area contributed by atoms with Crippen LogP contribution in [0.5, 0.6) is 0 Å². The number of hydrogen-bond donors (Lipinski definition) is 1. The first-order valence-corrected chi connectivity index (χ1v) is 6.17. The summed E-state index contributed by atoms with van der Waals surface area (Å²) in [6.45, 7) is 1.90. The van der Waals surface area contributed by atoms with Crippen LogP contribution in [-0.4, -0.2) is 11.5 Å². The Morgan fingerprint density at radius 1 is 1.54 bits per heavy atom. The van der Waals surface area contributed by atoms with Gasteiger partial charge >= 0.3 is 7.60 Å². The molecule has 0 aliphatic heterocycles. The van der Waals surface area contributed by atoms with Crippen LogP contribution in [0.2, 0.25) is 0 Å². The number of halogens is 1. The monoisotopic (exact) mass is 264 g/mol. The van der Waals surface area contributed by atoms with Crippen molar-refractivity contribution in [2.45, 2.75) is 6.92 Å². The van der Waals surface area contributed by atoms with E-state index in [9.17, 15) is 9.46 Å². The molecule has 1 N–H and O–H groups in total. The highest BCUT2D eigenvalue weighted by Gasteiger charge is 2.23. The minimum atomic E-state index is -3.63. The maximum Gasteiger partial charge on any atom is 0.359 e. The van der Waals surface area contributed by atoms with E-state index in [4.69, 9.17) is 4.52 Å². The van der Waals surface area contributed by atoms with Crippen molar-refractivity contribution in [1.82, 2.24) is 0 Å². The van der Waals surface area contributed by atoms with Gasteiger partial charge in [-0.2, -0.15) is 0 Å². The first-order chi connectivity index (χ1) is 6.08. The second-order valence-corrected chi connectivity index (χ2v) is 5.02. The zero-order valence-corrected chi connectivity index (χ0v) is 9.59. The fourth-order valence-corrected chi connectivity index (χ4v) is 2.99. The molecule has 1 unspecified atom stereocenters. The molecular formula is C8H10BrO3P. The summed E-state index contributed by atoms with van der Waals surface area (Å²) in [5, 5.41) is 0.303. The minimum Gasteiger partial charge on any atom is -0.321 e. The minimum absolute atomic E-state index is 0.217. The number of rotatable bonds is 3. The topological polar surface area (TPSA) is 46.5 Å². The van der Waals surface area contributed by atoms with E-state index in [0.29, 0.717) is 9.78 Å². The largest absolute Gasteiger partial charge is 0.359 e. The Kier molecular flexibility index (Phi) is 3.68. The van der Waals surface area contributed by atoms with Gasteiger partial charge in [0.15, 0.2) is 0 Å². The van der Waals surface area contributed by atoms with Crippen molar-refractivity contribution in [2.75, 3.05) is 6.61 Å². The highest BCUT2D eigenvalue weighted by molar-refractivity contribution is 9.10. The van der Waals surface area contributed by atoms with Gasteiger partial charge in [0.05, 0.1) is 11.9 Å². The lowest BCUT2D eigenvalue weighted by Gasteiger charge is -2.11. The van der Waals surface area contributed by atoms with Gasteiger partial charge in [-0.3, -0.25) is 4.57 Å². The quantitative estimate of drug-likeness (QED) is 0.853. The predicted octanol–water partition coefficient (Wildman–Crippen LogP) is 2.30.